The first kappa shape index (κ1) is 33.1. The van der Waals surface area contributed by atoms with Crippen LogP contribution in [0.3, 0.4) is 0 Å². The summed E-state index contributed by atoms with van der Waals surface area (Å²) in [5.74, 6) is 0. The van der Waals surface area contributed by atoms with E-state index in [4.69, 9.17) is 0 Å². The van der Waals surface area contributed by atoms with E-state index in [1.54, 1.807) is 27.7 Å². The summed E-state index contributed by atoms with van der Waals surface area (Å²) in [6.45, 7) is 12.0. The van der Waals surface area contributed by atoms with Gasteiger partial charge >= 0.3 is 18.6 Å². The van der Waals surface area contributed by atoms with Gasteiger partial charge in [0.1, 0.15) is 0 Å². The van der Waals surface area contributed by atoms with Gasteiger partial charge in [0.25, 0.3) is 0 Å². The quantitative estimate of drug-likeness (QED) is 0.528. The fourth-order valence-electron chi connectivity index (χ4n) is 0.407. The van der Waals surface area contributed by atoms with Crippen molar-refractivity contribution in [2.75, 3.05) is 39.6 Å². The Labute approximate surface area is 142 Å². The third kappa shape index (κ3) is 170. The van der Waals surface area contributed by atoms with Gasteiger partial charge in [0.15, 0.2) is 0 Å². The van der Waals surface area contributed by atoms with Crippen molar-refractivity contribution in [3.8, 4) is 0 Å². The third-order valence-corrected chi connectivity index (χ3v) is 0.864. The van der Waals surface area contributed by atoms with Crippen LogP contribution in [0.5, 0.6) is 0 Å². The Morgan fingerprint density at radius 2 is 0.905 bits per heavy atom. The summed E-state index contributed by atoms with van der Waals surface area (Å²) in [6.07, 6.45) is -0.833. The van der Waals surface area contributed by atoms with Crippen molar-refractivity contribution >= 4 is 0 Å². The molecule has 0 amide bonds. The van der Waals surface area contributed by atoms with Crippen LogP contribution in [0.15, 0.2) is 0 Å². The molecule has 0 aliphatic rings. The molecular weight excluding hydrogens is 315 g/mol. The molecule has 7 heteroatoms. The molecule has 0 saturated heterocycles. The van der Waals surface area contributed by atoms with Crippen molar-refractivity contribution in [3.05, 3.63) is 0 Å². The summed E-state index contributed by atoms with van der Waals surface area (Å²) >= 11 is 0. The van der Waals surface area contributed by atoms with E-state index in [1.165, 1.54) is 0 Å². The predicted octanol–water partition coefficient (Wildman–Crippen LogP) is -1.73. The minimum absolute atomic E-state index is 0. The molecule has 0 fully saturated rings. The van der Waals surface area contributed by atoms with Crippen LogP contribution in [0.4, 0.5) is 0 Å². The summed E-state index contributed by atoms with van der Waals surface area (Å²) in [5.41, 5.74) is 0. The van der Waals surface area contributed by atoms with Crippen LogP contribution in [0, 0.1) is 0 Å². The Kier molecular flexibility index (Phi) is 58.3. The minimum atomic E-state index is -0.417. The van der Waals surface area contributed by atoms with Crippen molar-refractivity contribution in [3.63, 3.8) is 0 Å². The van der Waals surface area contributed by atoms with Gasteiger partial charge in [-0.3, -0.25) is 0 Å². The van der Waals surface area contributed by atoms with E-state index in [0.717, 1.165) is 0 Å². The Hall–Kier alpha value is 0.344. The maximum absolute atomic E-state index is 9.56. The van der Waals surface area contributed by atoms with Gasteiger partial charge in [0.2, 0.25) is 0 Å². The van der Waals surface area contributed by atoms with Gasteiger partial charge < -0.3 is 29.9 Å². The van der Waals surface area contributed by atoms with Crippen LogP contribution in [-0.2, 0) is 28.0 Å². The smallest absolute Gasteiger partial charge is 0.853 e. The molecule has 1 radical (unpaired) electrons. The molecule has 0 aliphatic heterocycles. The second-order valence-corrected chi connectivity index (χ2v) is 3.90. The molecule has 0 aromatic carbocycles. The van der Waals surface area contributed by atoms with Crippen LogP contribution in [0.1, 0.15) is 41.5 Å². The van der Waals surface area contributed by atoms with Gasteiger partial charge in [-0.1, -0.05) is 27.7 Å². The molecule has 0 N–H and O–H groups in total. The fourth-order valence-corrected chi connectivity index (χ4v) is 0.407. The molecule has 0 atom stereocenters. The zero-order valence-corrected chi connectivity index (χ0v) is 15.7. The zero-order valence-electron chi connectivity index (χ0n) is 14.3. The van der Waals surface area contributed by atoms with Crippen LogP contribution >= 0.6 is 0 Å². The first-order valence-electron chi connectivity index (χ1n) is 6.93. The Balaban J connectivity index is -0.0000000544. The molecule has 0 bridgehead atoms. The molecule has 0 aromatic heterocycles. The largest absolute Gasteiger partial charge is 4.00 e. The fraction of sp³-hybridized carbons (Fsp3) is 1.00. The molecule has 0 aromatic rings. The van der Waals surface area contributed by atoms with Gasteiger partial charge in [-0.25, -0.2) is 0 Å². The molecule has 0 unspecified atom stereocenters. The summed E-state index contributed by atoms with van der Waals surface area (Å²) in [7, 11) is 0. The van der Waals surface area contributed by atoms with E-state index in [1.807, 2.05) is 13.8 Å². The normalized spacial score (nSPS) is 8.57. The van der Waals surface area contributed by atoms with Crippen molar-refractivity contribution in [2.24, 2.45) is 0 Å². The van der Waals surface area contributed by atoms with Gasteiger partial charge in [-0.15, -0.1) is 25.4 Å². The van der Waals surface area contributed by atoms with E-state index in [9.17, 15) is 20.4 Å². The molecule has 0 spiro atoms. The van der Waals surface area contributed by atoms with E-state index in [2.05, 4.69) is 9.47 Å². The number of hydrogen-bond donors (Lipinski definition) is 0. The van der Waals surface area contributed by atoms with Gasteiger partial charge in [0, 0.05) is 26.4 Å². The molecule has 0 saturated carbocycles. The monoisotopic (exact) mass is 347 g/mol. The van der Waals surface area contributed by atoms with Gasteiger partial charge in [0.05, 0.1) is 0 Å². The standard InChI is InChI=1S/2C4H9O2.2C3H7O.V/c2*1-2-6-4-3-5;2*1-3(2)4;/h2*2-4H2,1H3;2*3H,1-2H3;/q4*-1;+4. The third-order valence-electron chi connectivity index (χ3n) is 0.864. The predicted molar refractivity (Wildman–Crippen MR) is 73.0 cm³/mol. The Morgan fingerprint density at radius 3 is 0.952 bits per heavy atom. The van der Waals surface area contributed by atoms with Crippen molar-refractivity contribution in [1.29, 1.82) is 0 Å². The van der Waals surface area contributed by atoms with Crippen LogP contribution in [-0.4, -0.2) is 51.8 Å². The topological polar surface area (TPSA) is 111 Å². The van der Waals surface area contributed by atoms with Crippen LogP contribution < -0.4 is 20.4 Å². The average molecular weight is 347 g/mol. The maximum atomic E-state index is 9.56. The van der Waals surface area contributed by atoms with Crippen LogP contribution in [0.2, 0.25) is 0 Å². The molecule has 0 heterocycles. The second kappa shape index (κ2) is 37.0. The van der Waals surface area contributed by atoms with Crippen molar-refractivity contribution in [1.82, 2.24) is 0 Å². The summed E-state index contributed by atoms with van der Waals surface area (Å²) in [4.78, 5) is 0. The molecule has 21 heavy (non-hydrogen) atoms. The van der Waals surface area contributed by atoms with E-state index in [-0.39, 0.29) is 31.8 Å². The molecular formula is C14H32O6V. The van der Waals surface area contributed by atoms with E-state index in [0.29, 0.717) is 26.4 Å². The molecule has 0 rings (SSSR count). The molecule has 129 valence electrons. The zero-order chi connectivity index (χ0) is 16.8. The summed E-state index contributed by atoms with van der Waals surface area (Å²) < 4.78 is 9.34. The van der Waals surface area contributed by atoms with E-state index < -0.39 is 12.2 Å². The summed E-state index contributed by atoms with van der Waals surface area (Å²) in [5, 5.41) is 38.2. The van der Waals surface area contributed by atoms with Gasteiger partial charge in [-0.2, -0.15) is 0 Å². The SMILES string of the molecule is CC(C)[O-].CC(C)[O-].CCOCC[O-].CCOCC[O-].[V+4]. The average Bonchev–Trinajstić information content (AvgIpc) is 2.33. The van der Waals surface area contributed by atoms with E-state index >= 15 is 0 Å². The first-order valence-corrected chi connectivity index (χ1v) is 6.93. The number of rotatable bonds is 6. The molecule has 6 nitrogen and oxygen atoms in total. The minimum Gasteiger partial charge on any atom is -0.853 e. The Bertz CT molecular complexity index is 98.5. The van der Waals surface area contributed by atoms with Crippen molar-refractivity contribution in [2.45, 2.75) is 53.8 Å². The number of ether oxygens (including phenoxy) is 2. The van der Waals surface area contributed by atoms with Gasteiger partial charge in [-0.05, 0) is 13.8 Å². The second-order valence-electron chi connectivity index (χ2n) is 3.90. The first-order chi connectivity index (χ1) is 9.29. The summed E-state index contributed by atoms with van der Waals surface area (Å²) in [6, 6.07) is 0. The Morgan fingerprint density at radius 1 is 0.714 bits per heavy atom. The van der Waals surface area contributed by atoms with Crippen LogP contribution in [0.25, 0.3) is 0 Å². The van der Waals surface area contributed by atoms with Crippen molar-refractivity contribution < 1.29 is 48.5 Å². The number of hydrogen-bond acceptors (Lipinski definition) is 6. The molecule has 0 aliphatic carbocycles. The maximum Gasteiger partial charge on any atom is 4.00 e.